The molecule has 1 rings (SSSR count). The standard InChI is InChI=1S/C16H20.C4H8/c1-5-7-10-14(4)16-12-9-8-11-15(16)13(3)6-2;1-3-4-2/h5-6,8-9,11-12H,1,4,7,10H2,2-3H3;3H,1,4H2,2H3/b13-6+;. The van der Waals surface area contributed by atoms with Crippen LogP contribution in [0.5, 0.6) is 0 Å². The van der Waals surface area contributed by atoms with Crippen LogP contribution in [0.4, 0.5) is 0 Å². The van der Waals surface area contributed by atoms with Crippen LogP contribution >= 0.6 is 0 Å². The topological polar surface area (TPSA) is 0 Å². The zero-order valence-electron chi connectivity index (χ0n) is 13.3. The lowest BCUT2D eigenvalue weighted by molar-refractivity contribution is 1.07. The van der Waals surface area contributed by atoms with Crippen LogP contribution in [0.25, 0.3) is 11.1 Å². The van der Waals surface area contributed by atoms with Gasteiger partial charge in [0, 0.05) is 0 Å². The lowest BCUT2D eigenvalue weighted by Crippen LogP contribution is -1.90. The molecule has 0 radical (unpaired) electrons. The van der Waals surface area contributed by atoms with Crippen LogP contribution in [0.15, 0.2) is 62.2 Å². The fourth-order valence-corrected chi connectivity index (χ4v) is 1.70. The normalized spacial score (nSPS) is 10.2. The van der Waals surface area contributed by atoms with Gasteiger partial charge < -0.3 is 0 Å². The van der Waals surface area contributed by atoms with Crippen LogP contribution in [0.2, 0.25) is 0 Å². The van der Waals surface area contributed by atoms with Crippen LogP contribution in [-0.2, 0) is 0 Å². The van der Waals surface area contributed by atoms with E-state index < -0.39 is 0 Å². The highest BCUT2D eigenvalue weighted by Crippen LogP contribution is 2.26. The van der Waals surface area contributed by atoms with Gasteiger partial charge >= 0.3 is 0 Å². The highest BCUT2D eigenvalue weighted by molar-refractivity contribution is 5.78. The van der Waals surface area contributed by atoms with Crippen LogP contribution in [0.3, 0.4) is 0 Å². The van der Waals surface area contributed by atoms with Crippen molar-refractivity contribution in [2.24, 2.45) is 0 Å². The summed E-state index contributed by atoms with van der Waals surface area (Å²) in [6.07, 6.45) is 9.01. The Morgan fingerprint density at radius 2 is 1.65 bits per heavy atom. The zero-order valence-corrected chi connectivity index (χ0v) is 13.3. The lowest BCUT2D eigenvalue weighted by atomic mass is 9.93. The van der Waals surface area contributed by atoms with Gasteiger partial charge in [0.25, 0.3) is 0 Å². The summed E-state index contributed by atoms with van der Waals surface area (Å²) in [5.41, 5.74) is 5.05. The SMILES string of the molecule is C=CCC.C=CCCC(=C)c1ccccc1/C(C)=C/C. The summed E-state index contributed by atoms with van der Waals surface area (Å²) in [5, 5.41) is 0. The van der Waals surface area contributed by atoms with E-state index in [1.807, 2.05) is 12.2 Å². The molecule has 0 bridgehead atoms. The van der Waals surface area contributed by atoms with Crippen molar-refractivity contribution in [3.05, 3.63) is 73.4 Å². The Labute approximate surface area is 125 Å². The molecular weight excluding hydrogens is 240 g/mol. The van der Waals surface area contributed by atoms with E-state index in [0.29, 0.717) is 0 Å². The van der Waals surface area contributed by atoms with Crippen molar-refractivity contribution >= 4 is 11.1 Å². The highest BCUT2D eigenvalue weighted by atomic mass is 14.1. The molecule has 0 spiro atoms. The smallest absolute Gasteiger partial charge is 0.0155 e. The van der Waals surface area contributed by atoms with Gasteiger partial charge in [0.1, 0.15) is 0 Å². The third kappa shape index (κ3) is 6.38. The molecule has 0 aromatic heterocycles. The molecular formula is C20H28. The molecule has 108 valence electrons. The van der Waals surface area contributed by atoms with Gasteiger partial charge in [0.05, 0.1) is 0 Å². The van der Waals surface area contributed by atoms with Crippen LogP contribution in [-0.4, -0.2) is 0 Å². The molecule has 0 unspecified atom stereocenters. The maximum atomic E-state index is 4.16. The van der Waals surface area contributed by atoms with Crippen molar-refractivity contribution in [1.29, 1.82) is 0 Å². The average molecular weight is 268 g/mol. The van der Waals surface area contributed by atoms with Gasteiger partial charge in [-0.3, -0.25) is 0 Å². The first-order chi connectivity index (χ1) is 9.62. The largest absolute Gasteiger partial charge is 0.103 e. The Balaban J connectivity index is 0.000000796. The number of hydrogen-bond donors (Lipinski definition) is 0. The van der Waals surface area contributed by atoms with E-state index >= 15 is 0 Å². The number of hydrogen-bond acceptors (Lipinski definition) is 0. The van der Waals surface area contributed by atoms with E-state index in [2.05, 4.69) is 70.8 Å². The number of rotatable bonds is 6. The minimum atomic E-state index is 0.984. The Kier molecular flexibility index (Phi) is 10.0. The summed E-state index contributed by atoms with van der Waals surface area (Å²) in [5.74, 6) is 0. The maximum absolute atomic E-state index is 4.16. The quantitative estimate of drug-likeness (QED) is 0.505. The molecule has 0 aliphatic heterocycles. The Hall–Kier alpha value is -1.82. The van der Waals surface area contributed by atoms with Crippen molar-refractivity contribution in [1.82, 2.24) is 0 Å². The number of benzene rings is 1. The van der Waals surface area contributed by atoms with Gasteiger partial charge in [-0.2, -0.15) is 0 Å². The van der Waals surface area contributed by atoms with Gasteiger partial charge in [-0.05, 0) is 55.4 Å². The predicted molar refractivity (Wildman–Crippen MR) is 94.7 cm³/mol. The number of allylic oxidation sites excluding steroid dienone is 5. The molecule has 0 saturated heterocycles. The fraction of sp³-hybridized carbons (Fsp3) is 0.300. The Bertz CT molecular complexity index is 461. The highest BCUT2D eigenvalue weighted by Gasteiger charge is 2.05. The molecule has 0 atom stereocenters. The van der Waals surface area contributed by atoms with Gasteiger partial charge in [-0.15, -0.1) is 13.2 Å². The molecule has 0 aliphatic rings. The molecule has 1 aromatic carbocycles. The minimum Gasteiger partial charge on any atom is -0.103 e. The van der Waals surface area contributed by atoms with E-state index in [1.165, 1.54) is 22.3 Å². The summed E-state index contributed by atoms with van der Waals surface area (Å²) in [6, 6.07) is 8.45. The first-order valence-corrected chi connectivity index (χ1v) is 7.24. The molecule has 0 nitrogen and oxygen atoms in total. The van der Waals surface area contributed by atoms with Gasteiger partial charge in [0.15, 0.2) is 0 Å². The molecule has 0 N–H and O–H groups in total. The fourth-order valence-electron chi connectivity index (χ4n) is 1.70. The van der Waals surface area contributed by atoms with Crippen LogP contribution in [0, 0.1) is 0 Å². The summed E-state index contributed by atoms with van der Waals surface area (Å²) in [7, 11) is 0. The van der Waals surface area contributed by atoms with Gasteiger partial charge in [-0.1, -0.05) is 56.0 Å². The molecule has 0 fully saturated rings. The van der Waals surface area contributed by atoms with Crippen molar-refractivity contribution in [3.8, 4) is 0 Å². The first-order valence-electron chi connectivity index (χ1n) is 7.24. The summed E-state index contributed by atoms with van der Waals surface area (Å²) < 4.78 is 0. The summed E-state index contributed by atoms with van der Waals surface area (Å²) >= 11 is 0. The first kappa shape index (κ1) is 18.2. The Morgan fingerprint density at radius 3 is 2.10 bits per heavy atom. The minimum absolute atomic E-state index is 0.984. The predicted octanol–water partition coefficient (Wildman–Crippen LogP) is 6.67. The molecule has 0 aliphatic carbocycles. The zero-order chi connectivity index (χ0) is 15.4. The molecule has 0 heteroatoms. The summed E-state index contributed by atoms with van der Waals surface area (Å²) in [4.78, 5) is 0. The second-order valence-corrected chi connectivity index (χ2v) is 4.65. The monoisotopic (exact) mass is 268 g/mol. The van der Waals surface area contributed by atoms with E-state index in [0.717, 1.165) is 19.3 Å². The van der Waals surface area contributed by atoms with E-state index in [9.17, 15) is 0 Å². The van der Waals surface area contributed by atoms with Gasteiger partial charge in [0.2, 0.25) is 0 Å². The van der Waals surface area contributed by atoms with Crippen molar-refractivity contribution in [3.63, 3.8) is 0 Å². The lowest BCUT2D eigenvalue weighted by Gasteiger charge is -2.11. The second-order valence-electron chi connectivity index (χ2n) is 4.65. The average Bonchev–Trinajstić information content (AvgIpc) is 2.51. The van der Waals surface area contributed by atoms with E-state index in [-0.39, 0.29) is 0 Å². The molecule has 0 saturated carbocycles. The molecule has 20 heavy (non-hydrogen) atoms. The molecule has 0 amide bonds. The maximum Gasteiger partial charge on any atom is -0.0155 e. The van der Waals surface area contributed by atoms with Crippen molar-refractivity contribution in [2.75, 3.05) is 0 Å². The van der Waals surface area contributed by atoms with E-state index in [1.54, 1.807) is 0 Å². The third-order valence-electron chi connectivity index (χ3n) is 3.10. The molecule has 1 aromatic rings. The third-order valence-corrected chi connectivity index (χ3v) is 3.10. The molecule has 0 heterocycles. The van der Waals surface area contributed by atoms with Crippen LogP contribution in [0.1, 0.15) is 51.2 Å². The van der Waals surface area contributed by atoms with Gasteiger partial charge in [-0.25, -0.2) is 0 Å². The van der Waals surface area contributed by atoms with Crippen LogP contribution < -0.4 is 0 Å². The van der Waals surface area contributed by atoms with Crippen molar-refractivity contribution < 1.29 is 0 Å². The van der Waals surface area contributed by atoms with Crippen molar-refractivity contribution in [2.45, 2.75) is 40.0 Å². The van der Waals surface area contributed by atoms with E-state index in [4.69, 9.17) is 0 Å². The second kappa shape index (κ2) is 11.0. The Morgan fingerprint density at radius 1 is 1.10 bits per heavy atom. The summed E-state index contributed by atoms with van der Waals surface area (Å²) in [6.45, 7) is 17.7.